The van der Waals surface area contributed by atoms with Crippen LogP contribution in [-0.2, 0) is 0 Å². The number of amidine groups is 1. The van der Waals surface area contributed by atoms with E-state index in [9.17, 15) is 0 Å². The highest BCUT2D eigenvalue weighted by Gasteiger charge is 2.14. The Kier molecular flexibility index (Phi) is 1.27. The van der Waals surface area contributed by atoms with Gasteiger partial charge in [0.25, 0.3) is 0 Å². The van der Waals surface area contributed by atoms with Gasteiger partial charge in [-0.25, -0.2) is 0 Å². The molecule has 2 aliphatic rings. The average Bonchev–Trinajstić information content (AvgIpc) is 2.33. The average molecular weight is 155 g/mol. The predicted molar refractivity (Wildman–Crippen MR) is 42.1 cm³/mol. The summed E-state index contributed by atoms with van der Waals surface area (Å²) >= 11 is 5.76. The smallest absolute Gasteiger partial charge is 0.127 e. The number of aliphatic imine (C=N–C) groups is 1. The molecule has 0 aliphatic carbocycles. The molecule has 0 unspecified atom stereocenters. The van der Waals surface area contributed by atoms with Crippen LogP contribution in [0.25, 0.3) is 0 Å². The molecule has 0 bridgehead atoms. The highest BCUT2D eigenvalue weighted by Crippen LogP contribution is 2.15. The fourth-order valence-electron chi connectivity index (χ4n) is 1.10. The number of hydrogen-bond acceptors (Lipinski definition) is 2. The van der Waals surface area contributed by atoms with Crippen molar-refractivity contribution in [3.63, 3.8) is 0 Å². The minimum atomic E-state index is 0.779. The van der Waals surface area contributed by atoms with E-state index in [2.05, 4.69) is 9.89 Å². The molecule has 2 nitrogen and oxygen atoms in total. The van der Waals surface area contributed by atoms with Gasteiger partial charge < -0.3 is 4.90 Å². The summed E-state index contributed by atoms with van der Waals surface area (Å²) in [6.07, 6.45) is 5.71. The van der Waals surface area contributed by atoms with Crippen molar-refractivity contribution in [1.29, 1.82) is 0 Å². The SMILES string of the molecule is ClC1=CN2CCN=C2C=C1. The fraction of sp³-hybridized carbons (Fsp3) is 0.286. The van der Waals surface area contributed by atoms with Crippen LogP contribution in [0.3, 0.4) is 0 Å². The van der Waals surface area contributed by atoms with Crippen LogP contribution in [0.15, 0.2) is 28.4 Å². The lowest BCUT2D eigenvalue weighted by Crippen LogP contribution is -2.21. The topological polar surface area (TPSA) is 15.6 Å². The van der Waals surface area contributed by atoms with Crippen LogP contribution < -0.4 is 0 Å². The summed E-state index contributed by atoms with van der Waals surface area (Å²) in [5, 5.41) is 0.779. The molecular weight excluding hydrogens is 148 g/mol. The molecule has 0 radical (unpaired) electrons. The summed E-state index contributed by atoms with van der Waals surface area (Å²) in [4.78, 5) is 6.30. The third kappa shape index (κ3) is 0.847. The predicted octanol–water partition coefficient (Wildman–Crippen LogP) is 1.35. The van der Waals surface area contributed by atoms with Gasteiger partial charge in [0, 0.05) is 12.7 Å². The summed E-state index contributed by atoms with van der Waals surface area (Å²) in [5.41, 5.74) is 0. The standard InChI is InChI=1S/C7H7ClN2/c8-6-1-2-7-9-3-4-10(7)5-6/h1-2,5H,3-4H2. The zero-order valence-electron chi connectivity index (χ0n) is 5.42. The second kappa shape index (κ2) is 2.13. The molecule has 2 rings (SSSR count). The molecule has 0 fully saturated rings. The normalized spacial score (nSPS) is 22.3. The van der Waals surface area contributed by atoms with E-state index in [1.54, 1.807) is 0 Å². The molecule has 2 heterocycles. The zero-order valence-corrected chi connectivity index (χ0v) is 6.17. The lowest BCUT2D eigenvalue weighted by atomic mass is 10.3. The third-order valence-corrected chi connectivity index (χ3v) is 1.80. The first-order valence-corrected chi connectivity index (χ1v) is 3.60. The van der Waals surface area contributed by atoms with Gasteiger partial charge in [-0.1, -0.05) is 11.6 Å². The van der Waals surface area contributed by atoms with Crippen LogP contribution in [0, 0.1) is 0 Å². The summed E-state index contributed by atoms with van der Waals surface area (Å²) in [6, 6.07) is 0. The number of fused-ring (bicyclic) bond motifs is 1. The maximum absolute atomic E-state index is 5.76. The number of hydrogen-bond donors (Lipinski definition) is 0. The summed E-state index contributed by atoms with van der Waals surface area (Å²) in [5.74, 6) is 1.03. The van der Waals surface area contributed by atoms with Gasteiger partial charge >= 0.3 is 0 Å². The largest absolute Gasteiger partial charge is 0.330 e. The number of halogens is 1. The van der Waals surface area contributed by atoms with Crippen molar-refractivity contribution in [2.24, 2.45) is 4.99 Å². The number of nitrogens with zero attached hydrogens (tertiary/aromatic N) is 2. The zero-order chi connectivity index (χ0) is 6.97. The van der Waals surface area contributed by atoms with Gasteiger partial charge in [-0.15, -0.1) is 0 Å². The third-order valence-electron chi connectivity index (χ3n) is 1.58. The van der Waals surface area contributed by atoms with E-state index in [-0.39, 0.29) is 0 Å². The van der Waals surface area contributed by atoms with Crippen molar-refractivity contribution in [3.8, 4) is 0 Å². The number of rotatable bonds is 0. The lowest BCUT2D eigenvalue weighted by Gasteiger charge is -2.15. The first-order chi connectivity index (χ1) is 4.86. The minimum Gasteiger partial charge on any atom is -0.330 e. The van der Waals surface area contributed by atoms with Gasteiger partial charge in [0.05, 0.1) is 11.6 Å². The van der Waals surface area contributed by atoms with Crippen molar-refractivity contribution in [2.45, 2.75) is 0 Å². The Balaban J connectivity index is 2.32. The molecule has 0 saturated carbocycles. The molecule has 0 amide bonds. The lowest BCUT2D eigenvalue weighted by molar-refractivity contribution is 0.610. The van der Waals surface area contributed by atoms with Gasteiger partial charge in [0.2, 0.25) is 0 Å². The second-order valence-corrected chi connectivity index (χ2v) is 2.72. The van der Waals surface area contributed by atoms with Crippen LogP contribution in [0.1, 0.15) is 0 Å². The monoisotopic (exact) mass is 154 g/mol. The van der Waals surface area contributed by atoms with Crippen molar-refractivity contribution < 1.29 is 0 Å². The van der Waals surface area contributed by atoms with E-state index in [1.807, 2.05) is 18.4 Å². The molecule has 10 heavy (non-hydrogen) atoms. The van der Waals surface area contributed by atoms with E-state index >= 15 is 0 Å². The van der Waals surface area contributed by atoms with Crippen LogP contribution in [0.5, 0.6) is 0 Å². The molecule has 0 aromatic heterocycles. The Labute approximate surface area is 64.5 Å². The van der Waals surface area contributed by atoms with Crippen molar-refractivity contribution in [2.75, 3.05) is 13.1 Å². The maximum Gasteiger partial charge on any atom is 0.127 e. The number of allylic oxidation sites excluding steroid dienone is 2. The summed E-state index contributed by atoms with van der Waals surface area (Å²) < 4.78 is 0. The second-order valence-electron chi connectivity index (χ2n) is 2.28. The quantitative estimate of drug-likeness (QED) is 0.514. The van der Waals surface area contributed by atoms with Gasteiger partial charge in [0.15, 0.2) is 0 Å². The van der Waals surface area contributed by atoms with Gasteiger partial charge in [-0.2, -0.15) is 0 Å². The van der Waals surface area contributed by atoms with Crippen molar-refractivity contribution in [3.05, 3.63) is 23.4 Å². The molecule has 3 heteroatoms. The molecule has 0 aromatic rings. The van der Waals surface area contributed by atoms with E-state index in [1.165, 1.54) is 0 Å². The minimum absolute atomic E-state index is 0.779. The summed E-state index contributed by atoms with van der Waals surface area (Å²) in [6.45, 7) is 1.86. The highest BCUT2D eigenvalue weighted by molar-refractivity contribution is 6.32. The first-order valence-electron chi connectivity index (χ1n) is 3.23. The first kappa shape index (κ1) is 5.98. The van der Waals surface area contributed by atoms with E-state index in [4.69, 9.17) is 11.6 Å². The Hall–Kier alpha value is -0.760. The Morgan fingerprint density at radius 1 is 1.50 bits per heavy atom. The summed E-state index contributed by atoms with van der Waals surface area (Å²) in [7, 11) is 0. The Morgan fingerprint density at radius 2 is 2.40 bits per heavy atom. The van der Waals surface area contributed by atoms with E-state index in [0.717, 1.165) is 24.0 Å². The van der Waals surface area contributed by atoms with E-state index < -0.39 is 0 Å². The molecule has 0 N–H and O–H groups in total. The fourth-order valence-corrected chi connectivity index (χ4v) is 1.28. The van der Waals surface area contributed by atoms with E-state index in [0.29, 0.717) is 0 Å². The van der Waals surface area contributed by atoms with Crippen LogP contribution in [0.4, 0.5) is 0 Å². The Morgan fingerprint density at radius 3 is 3.30 bits per heavy atom. The van der Waals surface area contributed by atoms with Crippen LogP contribution >= 0.6 is 11.6 Å². The molecule has 2 aliphatic heterocycles. The van der Waals surface area contributed by atoms with Crippen LogP contribution in [0.2, 0.25) is 0 Å². The van der Waals surface area contributed by atoms with Gasteiger partial charge in [-0.3, -0.25) is 4.99 Å². The Bertz CT molecular complexity index is 240. The molecule has 52 valence electrons. The molecular formula is C7H7ClN2. The highest BCUT2D eigenvalue weighted by atomic mass is 35.5. The maximum atomic E-state index is 5.76. The molecule has 0 saturated heterocycles. The molecule has 0 aromatic carbocycles. The van der Waals surface area contributed by atoms with Gasteiger partial charge in [-0.05, 0) is 12.2 Å². The van der Waals surface area contributed by atoms with Crippen LogP contribution in [-0.4, -0.2) is 23.8 Å². The van der Waals surface area contributed by atoms with Gasteiger partial charge in [0.1, 0.15) is 5.84 Å². The molecule has 0 spiro atoms. The van der Waals surface area contributed by atoms with Crippen molar-refractivity contribution in [1.82, 2.24) is 4.90 Å². The van der Waals surface area contributed by atoms with Crippen molar-refractivity contribution >= 4 is 17.4 Å². The molecule has 0 atom stereocenters.